The van der Waals surface area contributed by atoms with Crippen molar-refractivity contribution in [2.75, 3.05) is 5.73 Å². The lowest BCUT2D eigenvalue weighted by Gasteiger charge is -2.18. The van der Waals surface area contributed by atoms with Gasteiger partial charge in [0.1, 0.15) is 0 Å². The molecular formula is C11H15N. The summed E-state index contributed by atoms with van der Waals surface area (Å²) in [5.74, 6) is 0. The molecule has 0 radical (unpaired) electrons. The van der Waals surface area contributed by atoms with E-state index in [2.05, 4.69) is 26.0 Å². The van der Waals surface area contributed by atoms with Crippen molar-refractivity contribution in [3.05, 3.63) is 29.3 Å². The highest BCUT2D eigenvalue weighted by Crippen LogP contribution is 2.40. The van der Waals surface area contributed by atoms with Crippen LogP contribution in [0.4, 0.5) is 5.69 Å². The second-order valence-corrected chi connectivity index (χ2v) is 4.26. The highest BCUT2D eigenvalue weighted by Gasteiger charge is 2.30. The fourth-order valence-corrected chi connectivity index (χ4v) is 2.09. The molecule has 0 bridgehead atoms. The molecular weight excluding hydrogens is 146 g/mol. The Labute approximate surface area is 73.6 Å². The first-order chi connectivity index (χ1) is 5.61. The molecule has 1 heteroatoms. The smallest absolute Gasteiger partial charge is 0.0349 e. The van der Waals surface area contributed by atoms with Crippen molar-refractivity contribution in [1.29, 1.82) is 0 Å². The van der Waals surface area contributed by atoms with E-state index < -0.39 is 0 Å². The number of anilines is 1. The monoisotopic (exact) mass is 161 g/mol. The van der Waals surface area contributed by atoms with Crippen LogP contribution in [0.15, 0.2) is 18.2 Å². The molecule has 1 aliphatic rings. The SMILES string of the molecule is CC1(C)CCc2c(N)cccc21. The van der Waals surface area contributed by atoms with Gasteiger partial charge in [0.25, 0.3) is 0 Å². The number of nitrogens with two attached hydrogens (primary N) is 1. The number of fused-ring (bicyclic) bond motifs is 1. The summed E-state index contributed by atoms with van der Waals surface area (Å²) in [7, 11) is 0. The molecule has 0 amide bonds. The molecule has 0 atom stereocenters. The molecule has 1 aromatic rings. The summed E-state index contributed by atoms with van der Waals surface area (Å²) >= 11 is 0. The number of hydrogen-bond acceptors (Lipinski definition) is 1. The van der Waals surface area contributed by atoms with Gasteiger partial charge in [-0.1, -0.05) is 26.0 Å². The van der Waals surface area contributed by atoms with E-state index >= 15 is 0 Å². The van der Waals surface area contributed by atoms with Gasteiger partial charge in [0.15, 0.2) is 0 Å². The zero-order valence-corrected chi connectivity index (χ0v) is 7.72. The minimum Gasteiger partial charge on any atom is -0.398 e. The van der Waals surface area contributed by atoms with E-state index in [0.717, 1.165) is 12.1 Å². The predicted octanol–water partition coefficient (Wildman–Crippen LogP) is 2.49. The van der Waals surface area contributed by atoms with Crippen LogP contribution < -0.4 is 5.73 Å². The lowest BCUT2D eigenvalue weighted by Crippen LogP contribution is -2.11. The topological polar surface area (TPSA) is 26.0 Å². The summed E-state index contributed by atoms with van der Waals surface area (Å²) in [6.07, 6.45) is 2.38. The fourth-order valence-electron chi connectivity index (χ4n) is 2.09. The molecule has 2 N–H and O–H groups in total. The van der Waals surface area contributed by atoms with E-state index in [1.165, 1.54) is 17.5 Å². The summed E-state index contributed by atoms with van der Waals surface area (Å²) in [5, 5.41) is 0. The van der Waals surface area contributed by atoms with Crippen LogP contribution in [0.2, 0.25) is 0 Å². The Balaban J connectivity index is 2.61. The maximum Gasteiger partial charge on any atom is 0.0349 e. The van der Waals surface area contributed by atoms with Gasteiger partial charge in [-0.3, -0.25) is 0 Å². The molecule has 0 aromatic heterocycles. The van der Waals surface area contributed by atoms with Crippen LogP contribution in [0.1, 0.15) is 31.4 Å². The van der Waals surface area contributed by atoms with Crippen LogP contribution in [0.25, 0.3) is 0 Å². The lowest BCUT2D eigenvalue weighted by atomic mass is 9.86. The van der Waals surface area contributed by atoms with Gasteiger partial charge in [-0.25, -0.2) is 0 Å². The van der Waals surface area contributed by atoms with E-state index in [1.807, 2.05) is 6.07 Å². The lowest BCUT2D eigenvalue weighted by molar-refractivity contribution is 0.522. The van der Waals surface area contributed by atoms with Crippen LogP contribution in [-0.4, -0.2) is 0 Å². The van der Waals surface area contributed by atoms with Gasteiger partial charge in [0.2, 0.25) is 0 Å². The number of hydrogen-bond donors (Lipinski definition) is 1. The van der Waals surface area contributed by atoms with Crippen molar-refractivity contribution in [3.63, 3.8) is 0 Å². The first-order valence-corrected chi connectivity index (χ1v) is 4.49. The fraction of sp³-hybridized carbons (Fsp3) is 0.455. The first-order valence-electron chi connectivity index (χ1n) is 4.49. The van der Waals surface area contributed by atoms with E-state index in [1.54, 1.807) is 0 Å². The highest BCUT2D eigenvalue weighted by molar-refractivity contribution is 5.55. The van der Waals surface area contributed by atoms with Crippen LogP contribution in [0, 0.1) is 0 Å². The maximum atomic E-state index is 5.89. The molecule has 0 unspecified atom stereocenters. The molecule has 0 saturated heterocycles. The second-order valence-electron chi connectivity index (χ2n) is 4.26. The van der Waals surface area contributed by atoms with Crippen molar-refractivity contribution >= 4 is 5.69 Å². The minimum absolute atomic E-state index is 0.338. The summed E-state index contributed by atoms with van der Waals surface area (Å²) in [4.78, 5) is 0. The van der Waals surface area contributed by atoms with E-state index in [-0.39, 0.29) is 0 Å². The Morgan fingerprint density at radius 1 is 1.33 bits per heavy atom. The van der Waals surface area contributed by atoms with Gasteiger partial charge in [-0.2, -0.15) is 0 Å². The molecule has 0 heterocycles. The van der Waals surface area contributed by atoms with Gasteiger partial charge in [-0.15, -0.1) is 0 Å². The predicted molar refractivity (Wildman–Crippen MR) is 52.2 cm³/mol. The van der Waals surface area contributed by atoms with Crippen LogP contribution in [0.3, 0.4) is 0 Å². The van der Waals surface area contributed by atoms with Crippen molar-refractivity contribution < 1.29 is 0 Å². The van der Waals surface area contributed by atoms with E-state index in [9.17, 15) is 0 Å². The Morgan fingerprint density at radius 3 is 2.75 bits per heavy atom. The molecule has 1 aliphatic carbocycles. The minimum atomic E-state index is 0.338. The third-order valence-electron chi connectivity index (χ3n) is 2.94. The van der Waals surface area contributed by atoms with Crippen LogP contribution in [0.5, 0.6) is 0 Å². The van der Waals surface area contributed by atoms with E-state index in [4.69, 9.17) is 5.73 Å². The van der Waals surface area contributed by atoms with Crippen molar-refractivity contribution in [2.45, 2.75) is 32.1 Å². The molecule has 12 heavy (non-hydrogen) atoms. The first kappa shape index (κ1) is 7.66. The molecule has 1 nitrogen and oxygen atoms in total. The van der Waals surface area contributed by atoms with Crippen LogP contribution in [-0.2, 0) is 11.8 Å². The molecule has 64 valence electrons. The third-order valence-corrected chi connectivity index (χ3v) is 2.94. The van der Waals surface area contributed by atoms with Gasteiger partial charge in [0.05, 0.1) is 0 Å². The Bertz CT molecular complexity index is 313. The zero-order chi connectivity index (χ0) is 8.77. The second kappa shape index (κ2) is 2.25. The number of rotatable bonds is 0. The summed E-state index contributed by atoms with van der Waals surface area (Å²) in [6.45, 7) is 4.58. The molecule has 0 spiro atoms. The summed E-state index contributed by atoms with van der Waals surface area (Å²) < 4.78 is 0. The average Bonchev–Trinajstić information content (AvgIpc) is 2.30. The molecule has 0 aliphatic heterocycles. The van der Waals surface area contributed by atoms with Gasteiger partial charge >= 0.3 is 0 Å². The number of nitrogen functional groups attached to an aromatic ring is 1. The Hall–Kier alpha value is -0.980. The van der Waals surface area contributed by atoms with Crippen molar-refractivity contribution in [1.82, 2.24) is 0 Å². The Kier molecular flexibility index (Phi) is 1.44. The highest BCUT2D eigenvalue weighted by atomic mass is 14.6. The van der Waals surface area contributed by atoms with Gasteiger partial charge < -0.3 is 5.73 Å². The summed E-state index contributed by atoms with van der Waals surface area (Å²) in [6, 6.07) is 6.26. The van der Waals surface area contributed by atoms with Crippen molar-refractivity contribution in [2.24, 2.45) is 0 Å². The van der Waals surface area contributed by atoms with Crippen molar-refractivity contribution in [3.8, 4) is 0 Å². The maximum absolute atomic E-state index is 5.89. The van der Waals surface area contributed by atoms with Crippen LogP contribution >= 0.6 is 0 Å². The standard InChI is InChI=1S/C11H15N/c1-11(2)7-6-8-9(11)4-3-5-10(8)12/h3-5H,6-7,12H2,1-2H3. The van der Waals surface area contributed by atoms with Gasteiger partial charge in [0, 0.05) is 5.69 Å². The normalized spacial score (nSPS) is 19.2. The number of benzene rings is 1. The summed E-state index contributed by atoms with van der Waals surface area (Å²) in [5.41, 5.74) is 10.0. The molecule has 2 rings (SSSR count). The zero-order valence-electron chi connectivity index (χ0n) is 7.72. The molecule has 0 saturated carbocycles. The third kappa shape index (κ3) is 0.927. The van der Waals surface area contributed by atoms with Gasteiger partial charge in [-0.05, 0) is 35.4 Å². The molecule has 1 aromatic carbocycles. The van der Waals surface area contributed by atoms with E-state index in [0.29, 0.717) is 5.41 Å². The largest absolute Gasteiger partial charge is 0.398 e. The average molecular weight is 161 g/mol. The Morgan fingerprint density at radius 2 is 2.08 bits per heavy atom. The molecule has 0 fully saturated rings. The quantitative estimate of drug-likeness (QED) is 0.581.